The molecule has 0 aromatic heterocycles. The first-order valence-electron chi connectivity index (χ1n) is 9.99. The second kappa shape index (κ2) is 10.5. The van der Waals surface area contributed by atoms with E-state index in [0.29, 0.717) is 29.9 Å². The maximum absolute atomic E-state index is 9.55. The van der Waals surface area contributed by atoms with Crippen LogP contribution in [-0.2, 0) is 9.59 Å². The lowest BCUT2D eigenvalue weighted by molar-refractivity contribution is -0.134. The van der Waals surface area contributed by atoms with Gasteiger partial charge in [0.1, 0.15) is 29.1 Å². The fourth-order valence-electron chi connectivity index (χ4n) is 3.60. The molecule has 5 rings (SSSR count). The summed E-state index contributed by atoms with van der Waals surface area (Å²) in [4.78, 5) is 21.6. The van der Waals surface area contributed by atoms with Gasteiger partial charge >= 0.3 is 11.9 Å². The molecular weight excluding hydrogens is 402 g/mol. The first-order valence-corrected chi connectivity index (χ1v) is 9.99. The molecule has 2 bridgehead atoms. The van der Waals surface area contributed by atoms with Crippen LogP contribution < -0.4 is 9.47 Å². The topological polar surface area (TPSA) is 117 Å². The highest BCUT2D eigenvalue weighted by Gasteiger charge is 2.35. The maximum Gasteiger partial charge on any atom is 0.328 e. The zero-order valence-electron chi connectivity index (χ0n) is 16.9. The summed E-state index contributed by atoms with van der Waals surface area (Å²) in [5, 5.41) is 24.9. The van der Waals surface area contributed by atoms with Gasteiger partial charge in [-0.3, -0.25) is 4.90 Å². The van der Waals surface area contributed by atoms with Crippen molar-refractivity contribution < 1.29 is 34.4 Å². The zero-order chi connectivity index (χ0) is 22.2. The first-order chi connectivity index (χ1) is 14.9. The summed E-state index contributed by atoms with van der Waals surface area (Å²) in [6.07, 6.45) is 3.95. The summed E-state index contributed by atoms with van der Waals surface area (Å²) >= 11 is 0. The number of benzene rings is 2. The Morgan fingerprint density at radius 3 is 1.77 bits per heavy atom. The van der Waals surface area contributed by atoms with Crippen LogP contribution in [0.5, 0.6) is 23.0 Å². The van der Waals surface area contributed by atoms with Crippen LogP contribution in [0.3, 0.4) is 0 Å². The second-order valence-corrected chi connectivity index (χ2v) is 7.37. The van der Waals surface area contributed by atoms with E-state index in [2.05, 4.69) is 4.90 Å². The van der Waals surface area contributed by atoms with Gasteiger partial charge in [0.25, 0.3) is 0 Å². The smallest absolute Gasteiger partial charge is 0.328 e. The fourth-order valence-corrected chi connectivity index (χ4v) is 3.60. The average Bonchev–Trinajstić information content (AvgIpc) is 2.77. The number of aromatic hydroxyl groups is 1. The molecule has 8 heteroatoms. The third-order valence-electron chi connectivity index (χ3n) is 5.15. The maximum atomic E-state index is 9.55. The molecule has 0 amide bonds. The highest BCUT2D eigenvalue weighted by molar-refractivity contribution is 5.89. The van der Waals surface area contributed by atoms with E-state index in [1.54, 1.807) is 24.3 Å². The second-order valence-electron chi connectivity index (χ2n) is 7.37. The third kappa shape index (κ3) is 7.04. The van der Waals surface area contributed by atoms with Crippen LogP contribution in [0.2, 0.25) is 0 Å². The van der Waals surface area contributed by atoms with E-state index in [-0.39, 0.29) is 5.75 Å². The zero-order valence-corrected chi connectivity index (χ0v) is 16.9. The standard InChI is InChI=1S/C19H21NO3.C4H4O4/c21-15-1-3-16(4-2-15)22-17-5-7-18(8-6-17)23-19-13-20-11-9-14(19)10-12-20;5-3(6)1-2-4(7)8/h1-8,14,19,21H,9-13H2;1-2H,(H,5,6)(H,7,8)/t19-;/m0./s1. The van der Waals surface area contributed by atoms with Gasteiger partial charge in [-0.1, -0.05) is 0 Å². The molecule has 31 heavy (non-hydrogen) atoms. The largest absolute Gasteiger partial charge is 0.508 e. The molecule has 0 saturated carbocycles. The van der Waals surface area contributed by atoms with Crippen LogP contribution in [0.25, 0.3) is 0 Å². The number of carboxylic acids is 2. The highest BCUT2D eigenvalue weighted by Crippen LogP contribution is 2.31. The molecule has 3 aliphatic heterocycles. The molecule has 0 aliphatic carbocycles. The summed E-state index contributed by atoms with van der Waals surface area (Å²) in [6.45, 7) is 3.50. The molecule has 1 atom stereocenters. The van der Waals surface area contributed by atoms with E-state index in [9.17, 15) is 14.7 Å². The molecule has 3 saturated heterocycles. The molecule has 3 N–H and O–H groups in total. The van der Waals surface area contributed by atoms with E-state index in [1.165, 1.54) is 25.9 Å². The van der Waals surface area contributed by atoms with Crippen LogP contribution in [0.1, 0.15) is 12.8 Å². The molecule has 0 radical (unpaired) electrons. The fraction of sp³-hybridized carbons (Fsp3) is 0.304. The SMILES string of the molecule is O=C(O)C=CC(=O)O.Oc1ccc(Oc2ccc(O[C@H]3CN4CCC3CC4)cc2)cc1. The van der Waals surface area contributed by atoms with Gasteiger partial charge in [-0.25, -0.2) is 9.59 Å². The number of fused-ring (bicyclic) bond motifs is 3. The van der Waals surface area contributed by atoms with Gasteiger partial charge in [0, 0.05) is 18.7 Å². The first kappa shape index (κ1) is 22.2. The summed E-state index contributed by atoms with van der Waals surface area (Å²) in [7, 11) is 0. The molecular formula is C23H25NO7. The summed E-state index contributed by atoms with van der Waals surface area (Å²) in [5.74, 6) is 0.791. The minimum Gasteiger partial charge on any atom is -0.508 e. The van der Waals surface area contributed by atoms with Crippen molar-refractivity contribution in [2.24, 2.45) is 5.92 Å². The molecule has 2 aromatic carbocycles. The number of rotatable bonds is 6. The number of nitrogens with zero attached hydrogens (tertiary/aromatic N) is 1. The average molecular weight is 427 g/mol. The van der Waals surface area contributed by atoms with Crippen molar-refractivity contribution in [2.75, 3.05) is 19.6 Å². The predicted octanol–water partition coefficient (Wildman–Crippen LogP) is 3.37. The molecule has 8 nitrogen and oxygen atoms in total. The molecule has 3 aliphatic rings. The molecule has 2 aromatic rings. The van der Waals surface area contributed by atoms with Crippen molar-refractivity contribution in [3.8, 4) is 23.0 Å². The number of phenols is 1. The number of phenolic OH excluding ortho intramolecular Hbond substituents is 1. The van der Waals surface area contributed by atoms with Crippen LogP contribution in [0, 0.1) is 5.92 Å². The molecule has 3 heterocycles. The van der Waals surface area contributed by atoms with Crippen LogP contribution in [0.15, 0.2) is 60.7 Å². The lowest BCUT2D eigenvalue weighted by Gasteiger charge is -2.44. The lowest BCUT2D eigenvalue weighted by atomic mass is 9.86. The number of piperidine rings is 3. The Labute approximate surface area is 180 Å². The quantitative estimate of drug-likeness (QED) is 0.601. The van der Waals surface area contributed by atoms with Gasteiger partial charge in [0.15, 0.2) is 0 Å². The monoisotopic (exact) mass is 427 g/mol. The van der Waals surface area contributed by atoms with Crippen molar-refractivity contribution in [2.45, 2.75) is 18.9 Å². The van der Waals surface area contributed by atoms with Crippen LogP contribution in [0.4, 0.5) is 0 Å². The van der Waals surface area contributed by atoms with E-state index < -0.39 is 11.9 Å². The number of aliphatic carboxylic acids is 2. The lowest BCUT2D eigenvalue weighted by Crippen LogP contribution is -2.52. The van der Waals surface area contributed by atoms with Crippen molar-refractivity contribution in [1.82, 2.24) is 4.90 Å². The van der Waals surface area contributed by atoms with Gasteiger partial charge in [-0.15, -0.1) is 0 Å². The molecule has 164 valence electrons. The van der Waals surface area contributed by atoms with Crippen molar-refractivity contribution in [1.29, 1.82) is 0 Å². The van der Waals surface area contributed by atoms with E-state index in [1.807, 2.05) is 24.3 Å². The van der Waals surface area contributed by atoms with Gasteiger partial charge < -0.3 is 24.8 Å². The summed E-state index contributed by atoms with van der Waals surface area (Å²) < 4.78 is 11.9. The Morgan fingerprint density at radius 2 is 1.32 bits per heavy atom. The molecule has 0 spiro atoms. The normalized spacial score (nSPS) is 21.7. The Balaban J connectivity index is 0.000000293. The number of carbonyl (C=O) groups is 2. The number of hydrogen-bond acceptors (Lipinski definition) is 6. The van der Waals surface area contributed by atoms with Gasteiger partial charge in [0.05, 0.1) is 0 Å². The summed E-state index contributed by atoms with van der Waals surface area (Å²) in [6, 6.07) is 14.5. The Kier molecular flexibility index (Phi) is 7.50. The van der Waals surface area contributed by atoms with Gasteiger partial charge in [-0.05, 0) is 80.4 Å². The van der Waals surface area contributed by atoms with E-state index >= 15 is 0 Å². The number of hydrogen-bond donors (Lipinski definition) is 3. The van der Waals surface area contributed by atoms with Crippen molar-refractivity contribution in [3.05, 3.63) is 60.7 Å². The third-order valence-corrected chi connectivity index (χ3v) is 5.15. The number of ether oxygens (including phenoxy) is 2. The van der Waals surface area contributed by atoms with Gasteiger partial charge in [-0.2, -0.15) is 0 Å². The minimum atomic E-state index is -1.26. The highest BCUT2D eigenvalue weighted by atomic mass is 16.5. The predicted molar refractivity (Wildman–Crippen MR) is 113 cm³/mol. The molecule has 0 unspecified atom stereocenters. The minimum absolute atomic E-state index is 0.235. The Bertz CT molecular complexity index is 885. The van der Waals surface area contributed by atoms with E-state index in [0.717, 1.165) is 18.0 Å². The van der Waals surface area contributed by atoms with Gasteiger partial charge in [0.2, 0.25) is 0 Å². The van der Waals surface area contributed by atoms with Crippen LogP contribution in [-0.4, -0.2) is 57.9 Å². The van der Waals surface area contributed by atoms with Crippen LogP contribution >= 0.6 is 0 Å². The number of carboxylic acid groups (broad SMARTS) is 2. The Hall–Kier alpha value is -3.52. The van der Waals surface area contributed by atoms with Crippen molar-refractivity contribution >= 4 is 11.9 Å². The summed E-state index contributed by atoms with van der Waals surface area (Å²) in [5.41, 5.74) is 0. The Morgan fingerprint density at radius 1 is 0.839 bits per heavy atom. The van der Waals surface area contributed by atoms with E-state index in [4.69, 9.17) is 19.7 Å². The van der Waals surface area contributed by atoms with Crippen molar-refractivity contribution in [3.63, 3.8) is 0 Å². The molecule has 3 fully saturated rings.